The smallest absolute Gasteiger partial charge is 0.208 e. The normalized spacial score (nSPS) is 27.9. The molecule has 3 nitrogen and oxygen atoms in total. The Morgan fingerprint density at radius 3 is 2.27 bits per heavy atom. The third kappa shape index (κ3) is 5.52. The van der Waals surface area contributed by atoms with E-state index >= 15 is 0 Å². The molecule has 0 radical (unpaired) electrons. The van der Waals surface area contributed by atoms with Crippen LogP contribution in [0.4, 0.5) is 0 Å². The lowest BCUT2D eigenvalue weighted by Crippen LogP contribution is -2.36. The van der Waals surface area contributed by atoms with Crippen molar-refractivity contribution in [3.8, 4) is 0 Å². The third-order valence-electron chi connectivity index (χ3n) is 3.19. The van der Waals surface area contributed by atoms with Crippen molar-refractivity contribution in [3.05, 3.63) is 0 Å². The van der Waals surface area contributed by atoms with Crippen molar-refractivity contribution in [2.45, 2.75) is 57.9 Å². The van der Waals surface area contributed by atoms with Crippen LogP contribution in [0.5, 0.6) is 0 Å². The van der Waals surface area contributed by atoms with Gasteiger partial charge in [-0.1, -0.05) is 26.2 Å². The predicted molar refractivity (Wildman–Crippen MR) is 63.3 cm³/mol. The van der Waals surface area contributed by atoms with Gasteiger partial charge in [0.2, 0.25) is 10.0 Å². The summed E-state index contributed by atoms with van der Waals surface area (Å²) in [5, 5.41) is 0. The zero-order valence-electron chi connectivity index (χ0n) is 9.83. The highest BCUT2D eigenvalue weighted by Gasteiger charge is 2.22. The second-order valence-corrected chi connectivity index (χ2v) is 6.53. The fourth-order valence-electron chi connectivity index (χ4n) is 2.36. The molecule has 1 rings (SSSR count). The second kappa shape index (κ2) is 5.85. The Morgan fingerprint density at radius 2 is 1.80 bits per heavy atom. The zero-order chi connectivity index (χ0) is 11.3. The van der Waals surface area contributed by atoms with Crippen LogP contribution in [0.15, 0.2) is 0 Å². The Labute approximate surface area is 93.7 Å². The summed E-state index contributed by atoms with van der Waals surface area (Å²) in [5.41, 5.74) is 0. The average molecular weight is 233 g/mol. The van der Waals surface area contributed by atoms with Crippen molar-refractivity contribution in [2.24, 2.45) is 5.92 Å². The van der Waals surface area contributed by atoms with Gasteiger partial charge in [0.15, 0.2) is 0 Å². The first-order valence-electron chi connectivity index (χ1n) is 5.98. The molecule has 1 aliphatic rings. The maximum Gasteiger partial charge on any atom is 0.208 e. The van der Waals surface area contributed by atoms with Gasteiger partial charge in [-0.25, -0.2) is 13.1 Å². The molecular formula is C11H23NO2S. The summed E-state index contributed by atoms with van der Waals surface area (Å²) in [6.45, 7) is 2.22. The van der Waals surface area contributed by atoms with Crippen molar-refractivity contribution < 1.29 is 8.42 Å². The number of hydrogen-bond acceptors (Lipinski definition) is 2. The minimum Gasteiger partial charge on any atom is -0.213 e. The quantitative estimate of drug-likeness (QED) is 0.792. The summed E-state index contributed by atoms with van der Waals surface area (Å²) in [5.74, 6) is 0.836. The predicted octanol–water partition coefficient (Wildman–Crippen LogP) is 2.28. The molecule has 0 bridgehead atoms. The Balaban J connectivity index is 2.24. The van der Waals surface area contributed by atoms with Gasteiger partial charge in [0.1, 0.15) is 0 Å². The van der Waals surface area contributed by atoms with Crippen LogP contribution < -0.4 is 4.72 Å². The fourth-order valence-corrected chi connectivity index (χ4v) is 3.21. The lowest BCUT2D eigenvalue weighted by atomic mass is 9.83. The molecule has 0 aliphatic heterocycles. The van der Waals surface area contributed by atoms with Gasteiger partial charge in [0.25, 0.3) is 0 Å². The van der Waals surface area contributed by atoms with E-state index in [9.17, 15) is 8.42 Å². The number of rotatable bonds is 5. The summed E-state index contributed by atoms with van der Waals surface area (Å²) in [6.07, 6.45) is 9.55. The van der Waals surface area contributed by atoms with E-state index in [0.717, 1.165) is 18.8 Å². The fraction of sp³-hybridized carbons (Fsp3) is 1.00. The van der Waals surface area contributed by atoms with Crippen LogP contribution in [-0.2, 0) is 10.0 Å². The van der Waals surface area contributed by atoms with E-state index in [1.165, 1.54) is 38.4 Å². The summed E-state index contributed by atoms with van der Waals surface area (Å²) in [7, 11) is -3.01. The molecule has 4 heteroatoms. The summed E-state index contributed by atoms with van der Waals surface area (Å²) in [4.78, 5) is 0. The Kier molecular flexibility index (Phi) is 5.06. The molecule has 0 spiro atoms. The van der Waals surface area contributed by atoms with Gasteiger partial charge in [0, 0.05) is 6.04 Å². The van der Waals surface area contributed by atoms with E-state index in [1.807, 2.05) is 0 Å². The number of unbranched alkanes of at least 4 members (excludes halogenated alkanes) is 1. The summed E-state index contributed by atoms with van der Waals surface area (Å²) >= 11 is 0. The first kappa shape index (κ1) is 13.0. The standard InChI is InChI=1S/C11H23NO2S/c1-3-4-5-10-6-8-11(9-7-10)12-15(2,13)14/h10-12H,3-9H2,1-2H3. The molecule has 90 valence electrons. The molecule has 0 aromatic carbocycles. The maximum absolute atomic E-state index is 11.0. The SMILES string of the molecule is CCCCC1CCC(NS(C)(=O)=O)CC1. The van der Waals surface area contributed by atoms with Crippen LogP contribution in [0.1, 0.15) is 51.9 Å². The lowest BCUT2D eigenvalue weighted by Gasteiger charge is -2.28. The number of hydrogen-bond donors (Lipinski definition) is 1. The van der Waals surface area contributed by atoms with E-state index in [1.54, 1.807) is 0 Å². The van der Waals surface area contributed by atoms with Gasteiger partial charge in [-0.3, -0.25) is 0 Å². The molecule has 0 atom stereocenters. The molecular weight excluding hydrogens is 210 g/mol. The molecule has 0 amide bonds. The third-order valence-corrected chi connectivity index (χ3v) is 3.95. The largest absolute Gasteiger partial charge is 0.213 e. The topological polar surface area (TPSA) is 46.2 Å². The first-order chi connectivity index (χ1) is 7.01. The van der Waals surface area contributed by atoms with Gasteiger partial charge in [0.05, 0.1) is 6.26 Å². The lowest BCUT2D eigenvalue weighted by molar-refractivity contribution is 0.294. The van der Waals surface area contributed by atoms with E-state index < -0.39 is 10.0 Å². The molecule has 1 saturated carbocycles. The van der Waals surface area contributed by atoms with Gasteiger partial charge in [-0.2, -0.15) is 0 Å². The molecule has 15 heavy (non-hydrogen) atoms. The molecule has 0 aromatic rings. The highest BCUT2D eigenvalue weighted by molar-refractivity contribution is 7.88. The Morgan fingerprint density at radius 1 is 1.20 bits per heavy atom. The monoisotopic (exact) mass is 233 g/mol. The highest BCUT2D eigenvalue weighted by atomic mass is 32.2. The van der Waals surface area contributed by atoms with Crippen molar-refractivity contribution in [1.82, 2.24) is 4.72 Å². The van der Waals surface area contributed by atoms with Gasteiger partial charge in [-0.15, -0.1) is 0 Å². The average Bonchev–Trinajstić information content (AvgIpc) is 2.14. The van der Waals surface area contributed by atoms with Crippen molar-refractivity contribution in [1.29, 1.82) is 0 Å². The molecule has 1 N–H and O–H groups in total. The maximum atomic E-state index is 11.0. The first-order valence-corrected chi connectivity index (χ1v) is 7.87. The molecule has 0 unspecified atom stereocenters. The molecule has 1 fully saturated rings. The zero-order valence-corrected chi connectivity index (χ0v) is 10.6. The van der Waals surface area contributed by atoms with Gasteiger partial charge >= 0.3 is 0 Å². The second-order valence-electron chi connectivity index (χ2n) is 4.75. The van der Waals surface area contributed by atoms with E-state index in [-0.39, 0.29) is 6.04 Å². The van der Waals surface area contributed by atoms with Crippen LogP contribution in [0.3, 0.4) is 0 Å². The molecule has 0 aromatic heterocycles. The summed E-state index contributed by atoms with van der Waals surface area (Å²) < 4.78 is 24.8. The number of sulfonamides is 1. The van der Waals surface area contributed by atoms with Crippen LogP contribution in [0.2, 0.25) is 0 Å². The minimum absolute atomic E-state index is 0.192. The van der Waals surface area contributed by atoms with Crippen molar-refractivity contribution in [2.75, 3.05) is 6.26 Å². The van der Waals surface area contributed by atoms with E-state index in [0.29, 0.717) is 0 Å². The van der Waals surface area contributed by atoms with Gasteiger partial charge in [-0.05, 0) is 31.6 Å². The Bertz CT molecular complexity index is 266. The molecule has 0 heterocycles. The van der Waals surface area contributed by atoms with Crippen LogP contribution in [0.25, 0.3) is 0 Å². The van der Waals surface area contributed by atoms with Crippen LogP contribution >= 0.6 is 0 Å². The van der Waals surface area contributed by atoms with Crippen molar-refractivity contribution >= 4 is 10.0 Å². The highest BCUT2D eigenvalue weighted by Crippen LogP contribution is 2.28. The molecule has 0 saturated heterocycles. The number of nitrogens with one attached hydrogen (secondary N) is 1. The summed E-state index contributed by atoms with van der Waals surface area (Å²) in [6, 6.07) is 0.192. The van der Waals surface area contributed by atoms with Gasteiger partial charge < -0.3 is 0 Å². The Hall–Kier alpha value is -0.0900. The molecule has 1 aliphatic carbocycles. The van der Waals surface area contributed by atoms with E-state index in [2.05, 4.69) is 11.6 Å². The van der Waals surface area contributed by atoms with Crippen molar-refractivity contribution in [3.63, 3.8) is 0 Å². The minimum atomic E-state index is -3.01. The van der Waals surface area contributed by atoms with Crippen LogP contribution in [0, 0.1) is 5.92 Å². The van der Waals surface area contributed by atoms with E-state index in [4.69, 9.17) is 0 Å². The van der Waals surface area contributed by atoms with Crippen LogP contribution in [-0.4, -0.2) is 20.7 Å².